The fraction of sp³-hybridized carbons (Fsp3) is 0.562. The first-order valence-electron chi connectivity index (χ1n) is 7.07. The smallest absolute Gasteiger partial charge is 0.387 e. The normalized spacial score (nSPS) is 10.9. The molecule has 0 amide bonds. The van der Waals surface area contributed by atoms with Crippen LogP contribution >= 0.6 is 0 Å². The van der Waals surface area contributed by atoms with E-state index in [1.165, 1.54) is 31.2 Å². The predicted octanol–water partition coefficient (Wildman–Crippen LogP) is 5.40. The van der Waals surface area contributed by atoms with E-state index in [9.17, 15) is 8.78 Å². The van der Waals surface area contributed by atoms with Gasteiger partial charge >= 0.3 is 6.61 Å². The van der Waals surface area contributed by atoms with E-state index < -0.39 is 6.61 Å². The molecule has 1 nitrogen and oxygen atoms in total. The molecule has 107 valence electrons. The number of aryl methyl sites for hydroxylation is 1. The van der Waals surface area contributed by atoms with Crippen LogP contribution in [-0.4, -0.2) is 6.61 Å². The van der Waals surface area contributed by atoms with Crippen molar-refractivity contribution in [3.8, 4) is 5.75 Å². The van der Waals surface area contributed by atoms with Crippen LogP contribution in [0.3, 0.4) is 0 Å². The topological polar surface area (TPSA) is 9.23 Å². The number of alkyl halides is 2. The van der Waals surface area contributed by atoms with E-state index in [0.29, 0.717) is 0 Å². The average Bonchev–Trinajstić information content (AvgIpc) is 2.39. The fourth-order valence-electron chi connectivity index (χ4n) is 1.97. The van der Waals surface area contributed by atoms with Gasteiger partial charge in [-0.3, -0.25) is 0 Å². The largest absolute Gasteiger partial charge is 0.435 e. The summed E-state index contributed by atoms with van der Waals surface area (Å²) >= 11 is 0. The van der Waals surface area contributed by atoms with Crippen LogP contribution < -0.4 is 4.74 Å². The van der Waals surface area contributed by atoms with Crippen molar-refractivity contribution in [1.82, 2.24) is 0 Å². The standard InChI is InChI=1S/C16H23F2O/c1-2-3-4-5-6-7-8-9-14-10-12-15(13-11-14)19-16(17)18/h6,10-13,16H,2-5,7-9H2,1H3. The van der Waals surface area contributed by atoms with E-state index in [1.54, 1.807) is 12.1 Å². The Labute approximate surface area is 115 Å². The van der Waals surface area contributed by atoms with Gasteiger partial charge in [-0.1, -0.05) is 44.7 Å². The van der Waals surface area contributed by atoms with Crippen molar-refractivity contribution in [3.05, 3.63) is 36.2 Å². The highest BCUT2D eigenvalue weighted by atomic mass is 19.3. The van der Waals surface area contributed by atoms with Gasteiger partial charge in [-0.15, -0.1) is 0 Å². The predicted molar refractivity (Wildman–Crippen MR) is 74.5 cm³/mol. The maximum absolute atomic E-state index is 12.0. The zero-order valence-electron chi connectivity index (χ0n) is 11.6. The van der Waals surface area contributed by atoms with Crippen LogP contribution in [0.4, 0.5) is 8.78 Å². The van der Waals surface area contributed by atoms with Gasteiger partial charge in [0.05, 0.1) is 0 Å². The Balaban J connectivity index is 2.12. The summed E-state index contributed by atoms with van der Waals surface area (Å²) in [6, 6.07) is 6.92. The molecule has 1 aromatic carbocycles. The number of benzene rings is 1. The maximum Gasteiger partial charge on any atom is 0.387 e. The monoisotopic (exact) mass is 269 g/mol. The summed E-state index contributed by atoms with van der Waals surface area (Å²) in [6.07, 6.45) is 10.6. The SMILES string of the molecule is CCCCC[CH]CCCc1ccc(OC(F)F)cc1. The van der Waals surface area contributed by atoms with Gasteiger partial charge in [0.1, 0.15) is 5.75 Å². The molecule has 0 N–H and O–H groups in total. The van der Waals surface area contributed by atoms with Gasteiger partial charge in [-0.2, -0.15) is 8.78 Å². The van der Waals surface area contributed by atoms with Crippen molar-refractivity contribution in [3.63, 3.8) is 0 Å². The van der Waals surface area contributed by atoms with Crippen LogP contribution in [0.2, 0.25) is 0 Å². The average molecular weight is 269 g/mol. The number of hydrogen-bond donors (Lipinski definition) is 0. The van der Waals surface area contributed by atoms with Crippen molar-refractivity contribution in [2.24, 2.45) is 0 Å². The highest BCUT2D eigenvalue weighted by molar-refractivity contribution is 5.27. The van der Waals surface area contributed by atoms with Crippen LogP contribution in [0.1, 0.15) is 51.0 Å². The summed E-state index contributed by atoms with van der Waals surface area (Å²) < 4.78 is 28.3. The molecule has 0 aliphatic heterocycles. The second-order valence-corrected chi connectivity index (χ2v) is 4.70. The summed E-state index contributed by atoms with van der Waals surface area (Å²) in [5.41, 5.74) is 1.17. The third-order valence-electron chi connectivity index (χ3n) is 3.03. The Kier molecular flexibility index (Phi) is 8.19. The third kappa shape index (κ3) is 7.81. The Morgan fingerprint density at radius 3 is 2.37 bits per heavy atom. The minimum atomic E-state index is -2.75. The fourth-order valence-corrected chi connectivity index (χ4v) is 1.97. The van der Waals surface area contributed by atoms with Crippen molar-refractivity contribution in [2.75, 3.05) is 0 Å². The van der Waals surface area contributed by atoms with Crippen LogP contribution in [-0.2, 0) is 6.42 Å². The quantitative estimate of drug-likeness (QED) is 0.517. The summed E-state index contributed by atoms with van der Waals surface area (Å²) in [7, 11) is 0. The highest BCUT2D eigenvalue weighted by Gasteiger charge is 2.03. The molecule has 0 aliphatic rings. The third-order valence-corrected chi connectivity index (χ3v) is 3.03. The molecule has 0 aliphatic carbocycles. The molecule has 0 saturated heterocycles. The number of ether oxygens (including phenoxy) is 1. The molecule has 19 heavy (non-hydrogen) atoms. The highest BCUT2D eigenvalue weighted by Crippen LogP contribution is 2.16. The number of unbranched alkanes of at least 4 members (excludes halogenated alkanes) is 6. The molecule has 3 heteroatoms. The van der Waals surface area contributed by atoms with Crippen LogP contribution in [0.25, 0.3) is 0 Å². The van der Waals surface area contributed by atoms with E-state index in [4.69, 9.17) is 0 Å². The van der Waals surface area contributed by atoms with Crippen LogP contribution in [0.15, 0.2) is 24.3 Å². The van der Waals surface area contributed by atoms with E-state index in [1.807, 2.05) is 12.1 Å². The second kappa shape index (κ2) is 9.76. The molecule has 0 unspecified atom stereocenters. The molecule has 0 bridgehead atoms. The Hall–Kier alpha value is -1.12. The summed E-state index contributed by atoms with van der Waals surface area (Å²) in [5, 5.41) is 0. The molecule has 1 radical (unpaired) electrons. The van der Waals surface area contributed by atoms with Crippen LogP contribution in [0.5, 0.6) is 5.75 Å². The van der Waals surface area contributed by atoms with Gasteiger partial charge in [0.15, 0.2) is 0 Å². The summed E-state index contributed by atoms with van der Waals surface area (Å²) in [5.74, 6) is 0.227. The molecule has 0 spiro atoms. The van der Waals surface area contributed by atoms with Crippen LogP contribution in [0, 0.1) is 6.42 Å². The summed E-state index contributed by atoms with van der Waals surface area (Å²) in [4.78, 5) is 0. The van der Waals surface area contributed by atoms with E-state index >= 15 is 0 Å². The Bertz CT molecular complexity index is 322. The van der Waals surface area contributed by atoms with Gasteiger partial charge in [0.2, 0.25) is 0 Å². The van der Waals surface area contributed by atoms with E-state index in [-0.39, 0.29) is 5.75 Å². The number of halogens is 2. The van der Waals surface area contributed by atoms with Crippen molar-refractivity contribution in [1.29, 1.82) is 0 Å². The lowest BCUT2D eigenvalue weighted by molar-refractivity contribution is -0.0498. The molecule has 0 saturated carbocycles. The first kappa shape index (κ1) is 15.9. The minimum Gasteiger partial charge on any atom is -0.435 e. The van der Waals surface area contributed by atoms with E-state index in [0.717, 1.165) is 19.3 Å². The second-order valence-electron chi connectivity index (χ2n) is 4.70. The molecule has 0 atom stereocenters. The number of hydrogen-bond acceptors (Lipinski definition) is 1. The van der Waals surface area contributed by atoms with Crippen molar-refractivity contribution < 1.29 is 13.5 Å². The molecule has 0 fully saturated rings. The first-order valence-corrected chi connectivity index (χ1v) is 7.07. The Morgan fingerprint density at radius 1 is 1.05 bits per heavy atom. The zero-order chi connectivity index (χ0) is 13.9. The van der Waals surface area contributed by atoms with Crippen molar-refractivity contribution >= 4 is 0 Å². The van der Waals surface area contributed by atoms with Gasteiger partial charge < -0.3 is 4.74 Å². The van der Waals surface area contributed by atoms with E-state index in [2.05, 4.69) is 18.1 Å². The van der Waals surface area contributed by atoms with Crippen molar-refractivity contribution in [2.45, 2.75) is 58.5 Å². The number of rotatable bonds is 10. The van der Waals surface area contributed by atoms with Gasteiger partial charge in [0, 0.05) is 0 Å². The Morgan fingerprint density at radius 2 is 1.74 bits per heavy atom. The lowest BCUT2D eigenvalue weighted by Gasteiger charge is -2.06. The maximum atomic E-state index is 12.0. The summed E-state index contributed by atoms with van der Waals surface area (Å²) in [6.45, 7) is -0.537. The molecular weight excluding hydrogens is 246 g/mol. The lowest BCUT2D eigenvalue weighted by Crippen LogP contribution is -2.01. The lowest BCUT2D eigenvalue weighted by atomic mass is 10.0. The molecule has 1 aromatic rings. The molecule has 0 heterocycles. The zero-order valence-corrected chi connectivity index (χ0v) is 11.6. The minimum absolute atomic E-state index is 0.227. The molecule has 1 rings (SSSR count). The first-order chi connectivity index (χ1) is 9.22. The van der Waals surface area contributed by atoms with Gasteiger partial charge in [0.25, 0.3) is 0 Å². The molecular formula is C16H23F2O. The van der Waals surface area contributed by atoms with Gasteiger partial charge in [-0.05, 0) is 43.4 Å². The van der Waals surface area contributed by atoms with Gasteiger partial charge in [-0.25, -0.2) is 0 Å². The molecule has 0 aromatic heterocycles.